The Bertz CT molecular complexity index is 444. The largest absolute Gasteiger partial charge is 0.353 e. The van der Waals surface area contributed by atoms with Gasteiger partial charge in [-0.25, -0.2) is 0 Å². The molecule has 3 aliphatic rings. The second-order valence-electron chi connectivity index (χ2n) is 8.26. The fraction of sp³-hybridized carbons (Fsp3) is 0.895. The van der Waals surface area contributed by atoms with E-state index in [4.69, 9.17) is 0 Å². The summed E-state index contributed by atoms with van der Waals surface area (Å²) in [6, 6.07) is -0.0593. The Hall–Kier alpha value is -1.10. The van der Waals surface area contributed by atoms with Gasteiger partial charge >= 0.3 is 0 Å². The van der Waals surface area contributed by atoms with Crippen LogP contribution in [-0.4, -0.2) is 48.9 Å². The number of nitrogens with one attached hydrogen (secondary N) is 2. The van der Waals surface area contributed by atoms with Crippen LogP contribution in [-0.2, 0) is 9.59 Å². The second-order valence-corrected chi connectivity index (χ2v) is 8.26. The zero-order chi connectivity index (χ0) is 17.0. The fourth-order valence-corrected chi connectivity index (χ4v) is 4.62. The molecular formula is C19H33N3O2. The summed E-state index contributed by atoms with van der Waals surface area (Å²) in [6.45, 7) is 5.96. The summed E-state index contributed by atoms with van der Waals surface area (Å²) >= 11 is 0. The van der Waals surface area contributed by atoms with Crippen molar-refractivity contribution in [2.24, 2.45) is 11.3 Å². The van der Waals surface area contributed by atoms with Crippen LogP contribution in [0.1, 0.15) is 64.7 Å². The molecule has 2 N–H and O–H groups in total. The van der Waals surface area contributed by atoms with Gasteiger partial charge in [0.15, 0.2) is 0 Å². The predicted molar refractivity (Wildman–Crippen MR) is 94.5 cm³/mol. The van der Waals surface area contributed by atoms with Crippen molar-refractivity contribution in [2.75, 3.05) is 26.2 Å². The standard InChI is InChI=1S/C19H33N3O2/c1-15(21-18(24)16-5-3-2-4-6-16)13-17(23)22-11-8-19(9-12-22)7-10-20-14-19/h15-16,20H,2-14H2,1H3,(H,21,24). The lowest BCUT2D eigenvalue weighted by Crippen LogP contribution is -2.46. The molecule has 3 fully saturated rings. The molecule has 3 rings (SSSR count). The Morgan fingerprint density at radius 2 is 1.88 bits per heavy atom. The normalized spacial score (nSPS) is 25.6. The van der Waals surface area contributed by atoms with Crippen LogP contribution in [0, 0.1) is 11.3 Å². The van der Waals surface area contributed by atoms with Gasteiger partial charge in [0.1, 0.15) is 0 Å². The van der Waals surface area contributed by atoms with Crippen LogP contribution in [0.5, 0.6) is 0 Å². The highest BCUT2D eigenvalue weighted by Crippen LogP contribution is 2.37. The number of nitrogens with zero attached hydrogens (tertiary/aromatic N) is 1. The molecule has 0 aromatic heterocycles. The van der Waals surface area contributed by atoms with E-state index in [0.717, 1.165) is 64.7 Å². The van der Waals surface area contributed by atoms with E-state index in [1.54, 1.807) is 0 Å². The molecule has 2 aliphatic heterocycles. The first-order valence-corrected chi connectivity index (χ1v) is 9.87. The van der Waals surface area contributed by atoms with Gasteiger partial charge in [-0.3, -0.25) is 9.59 Å². The maximum absolute atomic E-state index is 12.5. The number of piperidine rings is 1. The Kier molecular flexibility index (Phi) is 5.80. The lowest BCUT2D eigenvalue weighted by Gasteiger charge is -2.39. The SMILES string of the molecule is CC(CC(=O)N1CCC2(CCNC2)CC1)NC(=O)C1CCCCC1. The lowest BCUT2D eigenvalue weighted by atomic mass is 9.78. The van der Waals surface area contributed by atoms with Crippen molar-refractivity contribution >= 4 is 11.8 Å². The van der Waals surface area contributed by atoms with E-state index < -0.39 is 0 Å². The van der Waals surface area contributed by atoms with Crippen LogP contribution in [0.25, 0.3) is 0 Å². The molecule has 1 atom stereocenters. The van der Waals surface area contributed by atoms with Crippen LogP contribution in [0.15, 0.2) is 0 Å². The van der Waals surface area contributed by atoms with Crippen LogP contribution in [0.2, 0.25) is 0 Å². The molecular weight excluding hydrogens is 302 g/mol. The predicted octanol–water partition coefficient (Wildman–Crippen LogP) is 2.06. The zero-order valence-electron chi connectivity index (χ0n) is 15.1. The summed E-state index contributed by atoms with van der Waals surface area (Å²) in [6.07, 6.45) is 9.52. The summed E-state index contributed by atoms with van der Waals surface area (Å²) in [5.74, 6) is 0.526. The third kappa shape index (κ3) is 4.29. The molecule has 24 heavy (non-hydrogen) atoms. The number of rotatable bonds is 4. The molecule has 5 nitrogen and oxygen atoms in total. The Labute approximate surface area is 145 Å². The molecule has 1 aliphatic carbocycles. The van der Waals surface area contributed by atoms with Gasteiger partial charge < -0.3 is 15.5 Å². The highest BCUT2D eigenvalue weighted by atomic mass is 16.2. The first kappa shape index (κ1) is 17.7. The first-order chi connectivity index (χ1) is 11.6. The summed E-state index contributed by atoms with van der Waals surface area (Å²) in [7, 11) is 0. The Morgan fingerprint density at radius 1 is 1.17 bits per heavy atom. The molecule has 2 amide bonds. The molecule has 1 spiro atoms. The fourth-order valence-electron chi connectivity index (χ4n) is 4.62. The van der Waals surface area contributed by atoms with Gasteiger partial charge in [0, 0.05) is 38.0 Å². The van der Waals surface area contributed by atoms with Gasteiger partial charge in [-0.15, -0.1) is 0 Å². The third-order valence-electron chi connectivity index (χ3n) is 6.35. The van der Waals surface area contributed by atoms with Crippen molar-refractivity contribution in [3.8, 4) is 0 Å². The molecule has 1 unspecified atom stereocenters. The van der Waals surface area contributed by atoms with Gasteiger partial charge in [-0.2, -0.15) is 0 Å². The molecule has 5 heteroatoms. The smallest absolute Gasteiger partial charge is 0.224 e. The van der Waals surface area contributed by atoms with Crippen molar-refractivity contribution < 1.29 is 9.59 Å². The first-order valence-electron chi connectivity index (χ1n) is 9.87. The maximum Gasteiger partial charge on any atom is 0.224 e. The van der Waals surface area contributed by atoms with Gasteiger partial charge in [0.25, 0.3) is 0 Å². The van der Waals surface area contributed by atoms with Crippen molar-refractivity contribution in [3.63, 3.8) is 0 Å². The Morgan fingerprint density at radius 3 is 2.50 bits per heavy atom. The monoisotopic (exact) mass is 335 g/mol. The number of hydrogen-bond donors (Lipinski definition) is 2. The number of amides is 2. The highest BCUT2D eigenvalue weighted by Gasteiger charge is 2.38. The average molecular weight is 335 g/mol. The molecule has 0 aromatic carbocycles. The van der Waals surface area contributed by atoms with Gasteiger partial charge in [0.05, 0.1) is 0 Å². The third-order valence-corrected chi connectivity index (χ3v) is 6.35. The second kappa shape index (κ2) is 7.85. The van der Waals surface area contributed by atoms with Crippen LogP contribution >= 0.6 is 0 Å². The maximum atomic E-state index is 12.5. The minimum Gasteiger partial charge on any atom is -0.353 e. The summed E-state index contributed by atoms with van der Waals surface area (Å²) in [5.41, 5.74) is 0.442. The molecule has 0 radical (unpaired) electrons. The molecule has 2 heterocycles. The molecule has 2 saturated heterocycles. The van der Waals surface area contributed by atoms with E-state index in [0.29, 0.717) is 11.8 Å². The number of carbonyl (C=O) groups excluding carboxylic acids is 2. The van der Waals surface area contributed by atoms with E-state index in [9.17, 15) is 9.59 Å². The van der Waals surface area contributed by atoms with E-state index in [1.807, 2.05) is 11.8 Å². The highest BCUT2D eigenvalue weighted by molar-refractivity contribution is 5.81. The molecule has 0 bridgehead atoms. The van der Waals surface area contributed by atoms with Gasteiger partial charge in [-0.05, 0) is 51.0 Å². The van der Waals surface area contributed by atoms with Crippen molar-refractivity contribution in [1.29, 1.82) is 0 Å². The molecule has 0 aromatic rings. The van der Waals surface area contributed by atoms with Gasteiger partial charge in [-0.1, -0.05) is 19.3 Å². The summed E-state index contributed by atoms with van der Waals surface area (Å²) in [4.78, 5) is 26.8. The van der Waals surface area contributed by atoms with E-state index in [2.05, 4.69) is 10.6 Å². The number of likely N-dealkylation sites (tertiary alicyclic amines) is 1. The minimum absolute atomic E-state index is 0.0593. The van der Waals surface area contributed by atoms with Crippen LogP contribution in [0.3, 0.4) is 0 Å². The van der Waals surface area contributed by atoms with Crippen molar-refractivity contribution in [1.82, 2.24) is 15.5 Å². The quantitative estimate of drug-likeness (QED) is 0.827. The van der Waals surface area contributed by atoms with Crippen molar-refractivity contribution in [2.45, 2.75) is 70.8 Å². The minimum atomic E-state index is -0.0593. The summed E-state index contributed by atoms with van der Waals surface area (Å²) in [5, 5.41) is 6.53. The number of hydrogen-bond acceptors (Lipinski definition) is 3. The summed E-state index contributed by atoms with van der Waals surface area (Å²) < 4.78 is 0. The van der Waals surface area contributed by atoms with Gasteiger partial charge in [0.2, 0.25) is 11.8 Å². The van der Waals surface area contributed by atoms with E-state index in [-0.39, 0.29) is 23.8 Å². The van der Waals surface area contributed by atoms with Crippen LogP contribution in [0.4, 0.5) is 0 Å². The zero-order valence-corrected chi connectivity index (χ0v) is 15.1. The topological polar surface area (TPSA) is 61.4 Å². The van der Waals surface area contributed by atoms with E-state index >= 15 is 0 Å². The van der Waals surface area contributed by atoms with Crippen molar-refractivity contribution in [3.05, 3.63) is 0 Å². The van der Waals surface area contributed by atoms with E-state index in [1.165, 1.54) is 12.8 Å². The van der Waals surface area contributed by atoms with Crippen LogP contribution < -0.4 is 10.6 Å². The number of carbonyl (C=O) groups is 2. The molecule has 136 valence electrons. The lowest BCUT2D eigenvalue weighted by molar-refractivity contribution is -0.134. The average Bonchev–Trinajstić information content (AvgIpc) is 3.04. The molecule has 1 saturated carbocycles. The Balaban J connectivity index is 1.40.